The summed E-state index contributed by atoms with van der Waals surface area (Å²) in [4.78, 5) is 0. The SMILES string of the molecule is CCOP(=O)(CCCCCOS(C)(=O)=O)OCC. The van der Waals surface area contributed by atoms with E-state index in [4.69, 9.17) is 9.05 Å². The van der Waals surface area contributed by atoms with Crippen LogP contribution in [-0.2, 0) is 27.9 Å². The van der Waals surface area contributed by atoms with Crippen molar-refractivity contribution in [2.45, 2.75) is 33.1 Å². The first kappa shape index (κ1) is 18.1. The molecule has 0 fully saturated rings. The van der Waals surface area contributed by atoms with Crippen molar-refractivity contribution in [1.82, 2.24) is 0 Å². The van der Waals surface area contributed by atoms with Crippen LogP contribution in [0, 0.1) is 0 Å². The lowest BCUT2D eigenvalue weighted by Crippen LogP contribution is -2.05. The Balaban J connectivity index is 3.77. The number of hydrogen-bond acceptors (Lipinski definition) is 6. The fraction of sp³-hybridized carbons (Fsp3) is 1.00. The molecule has 0 aromatic heterocycles. The van der Waals surface area contributed by atoms with E-state index < -0.39 is 17.7 Å². The minimum atomic E-state index is -3.36. The van der Waals surface area contributed by atoms with Crippen molar-refractivity contribution >= 4 is 17.7 Å². The molecule has 0 radical (unpaired) electrons. The highest BCUT2D eigenvalue weighted by Crippen LogP contribution is 2.48. The lowest BCUT2D eigenvalue weighted by molar-refractivity contribution is 0.219. The molecule has 0 rings (SSSR count). The van der Waals surface area contributed by atoms with E-state index >= 15 is 0 Å². The third-order valence-corrected chi connectivity index (χ3v) is 4.79. The van der Waals surface area contributed by atoms with Crippen molar-refractivity contribution in [3.8, 4) is 0 Å². The maximum Gasteiger partial charge on any atom is 0.330 e. The van der Waals surface area contributed by atoms with E-state index in [1.165, 1.54) is 0 Å². The molecule has 6 nitrogen and oxygen atoms in total. The lowest BCUT2D eigenvalue weighted by Gasteiger charge is -2.16. The van der Waals surface area contributed by atoms with E-state index in [0.29, 0.717) is 32.2 Å². The van der Waals surface area contributed by atoms with Crippen LogP contribution in [0.1, 0.15) is 33.1 Å². The van der Waals surface area contributed by atoms with Gasteiger partial charge in [-0.25, -0.2) is 0 Å². The summed E-state index contributed by atoms with van der Waals surface area (Å²) in [7, 11) is -6.32. The van der Waals surface area contributed by atoms with E-state index in [-0.39, 0.29) is 6.61 Å². The largest absolute Gasteiger partial charge is 0.330 e. The maximum atomic E-state index is 12.0. The van der Waals surface area contributed by atoms with Crippen LogP contribution in [0.2, 0.25) is 0 Å². The molecule has 0 aliphatic carbocycles. The van der Waals surface area contributed by atoms with Crippen molar-refractivity contribution in [3.05, 3.63) is 0 Å². The lowest BCUT2D eigenvalue weighted by atomic mass is 10.3. The first-order valence-electron chi connectivity index (χ1n) is 6.05. The van der Waals surface area contributed by atoms with Crippen molar-refractivity contribution in [3.63, 3.8) is 0 Å². The van der Waals surface area contributed by atoms with Crippen LogP contribution in [0.5, 0.6) is 0 Å². The van der Waals surface area contributed by atoms with Gasteiger partial charge in [0.2, 0.25) is 0 Å². The van der Waals surface area contributed by atoms with Gasteiger partial charge in [0.15, 0.2) is 0 Å². The van der Waals surface area contributed by atoms with Gasteiger partial charge in [-0.1, -0.05) is 6.42 Å². The smallest absolute Gasteiger partial charge is 0.309 e. The van der Waals surface area contributed by atoms with Gasteiger partial charge < -0.3 is 9.05 Å². The van der Waals surface area contributed by atoms with Crippen molar-refractivity contribution in [2.75, 3.05) is 32.2 Å². The highest BCUT2D eigenvalue weighted by molar-refractivity contribution is 7.85. The molecule has 0 heterocycles. The normalized spacial score (nSPS) is 12.8. The minimum Gasteiger partial charge on any atom is -0.309 e. The van der Waals surface area contributed by atoms with Gasteiger partial charge in [0, 0.05) is 0 Å². The number of rotatable bonds is 11. The van der Waals surface area contributed by atoms with Crippen LogP contribution >= 0.6 is 7.60 Å². The number of unbranched alkanes of at least 4 members (excludes halogenated alkanes) is 2. The zero-order valence-corrected chi connectivity index (χ0v) is 13.0. The van der Waals surface area contributed by atoms with Crippen LogP contribution in [0.4, 0.5) is 0 Å². The molecule has 0 aliphatic heterocycles. The number of hydrogen-bond donors (Lipinski definition) is 0. The van der Waals surface area contributed by atoms with Crippen molar-refractivity contribution < 1.29 is 26.2 Å². The quantitative estimate of drug-likeness (QED) is 0.331. The van der Waals surface area contributed by atoms with E-state index in [9.17, 15) is 13.0 Å². The average molecular weight is 302 g/mol. The van der Waals surface area contributed by atoms with Crippen molar-refractivity contribution in [2.24, 2.45) is 0 Å². The highest BCUT2D eigenvalue weighted by Gasteiger charge is 2.22. The van der Waals surface area contributed by atoms with Gasteiger partial charge in [-0.3, -0.25) is 8.75 Å². The first-order chi connectivity index (χ1) is 8.33. The Hall–Kier alpha value is 0.0600. The predicted octanol–water partition coefficient (Wildman–Crippen LogP) is 2.40. The summed E-state index contributed by atoms with van der Waals surface area (Å²) in [6, 6.07) is 0. The summed E-state index contributed by atoms with van der Waals surface area (Å²) in [6.45, 7) is 4.41. The van der Waals surface area contributed by atoms with Gasteiger partial charge >= 0.3 is 7.60 Å². The van der Waals surface area contributed by atoms with Gasteiger partial charge in [0.25, 0.3) is 10.1 Å². The van der Waals surface area contributed by atoms with E-state index in [0.717, 1.165) is 12.7 Å². The van der Waals surface area contributed by atoms with Crippen LogP contribution in [0.15, 0.2) is 0 Å². The maximum absolute atomic E-state index is 12.0. The van der Waals surface area contributed by atoms with Crippen LogP contribution in [0.3, 0.4) is 0 Å². The van der Waals surface area contributed by atoms with E-state index in [1.54, 1.807) is 13.8 Å². The summed E-state index contributed by atoms with van der Waals surface area (Å²) in [5, 5.41) is 0. The van der Waals surface area contributed by atoms with E-state index in [1.807, 2.05) is 0 Å². The molecule has 0 saturated heterocycles. The molecule has 0 aromatic rings. The molecule has 0 bridgehead atoms. The van der Waals surface area contributed by atoms with Crippen LogP contribution in [-0.4, -0.2) is 40.7 Å². The molecular weight excluding hydrogens is 279 g/mol. The van der Waals surface area contributed by atoms with Crippen molar-refractivity contribution in [1.29, 1.82) is 0 Å². The van der Waals surface area contributed by atoms with Gasteiger partial charge in [-0.05, 0) is 26.7 Å². The summed E-state index contributed by atoms with van der Waals surface area (Å²) in [6.07, 6.45) is 3.36. The fourth-order valence-corrected chi connectivity index (χ4v) is 3.51. The molecule has 0 N–H and O–H groups in total. The third-order valence-electron chi connectivity index (χ3n) is 2.03. The molecule has 18 heavy (non-hydrogen) atoms. The summed E-state index contributed by atoms with van der Waals surface area (Å²) >= 11 is 0. The zero-order valence-electron chi connectivity index (χ0n) is 11.3. The van der Waals surface area contributed by atoms with Gasteiger partial charge in [0.05, 0.1) is 32.2 Å². The molecule has 0 atom stereocenters. The summed E-state index contributed by atoms with van der Waals surface area (Å²) in [5.74, 6) is 0. The second-order valence-electron chi connectivity index (χ2n) is 3.76. The second kappa shape index (κ2) is 9.04. The first-order valence-corrected chi connectivity index (χ1v) is 9.60. The highest BCUT2D eigenvalue weighted by atomic mass is 32.2. The van der Waals surface area contributed by atoms with E-state index in [2.05, 4.69) is 4.18 Å². The monoisotopic (exact) mass is 302 g/mol. The Bertz CT molecular complexity index is 343. The third kappa shape index (κ3) is 10.0. The molecule has 0 aliphatic rings. The molecular formula is C10H23O6PS. The minimum absolute atomic E-state index is 0.159. The zero-order chi connectivity index (χ0) is 14.1. The Morgan fingerprint density at radius 3 is 2.00 bits per heavy atom. The Labute approximate surface area is 110 Å². The molecule has 0 amide bonds. The topological polar surface area (TPSA) is 78.9 Å². The Kier molecular flexibility index (Phi) is 9.07. The molecule has 0 spiro atoms. The molecule has 0 unspecified atom stereocenters. The summed E-state index contributed by atoms with van der Waals surface area (Å²) in [5.41, 5.74) is 0. The predicted molar refractivity (Wildman–Crippen MR) is 70.4 cm³/mol. The van der Waals surface area contributed by atoms with Gasteiger partial charge in [0.1, 0.15) is 0 Å². The van der Waals surface area contributed by atoms with Crippen LogP contribution in [0.25, 0.3) is 0 Å². The molecule has 0 saturated carbocycles. The standard InChI is InChI=1S/C10H23O6PS/c1-4-14-17(11,15-5-2)10-8-6-7-9-16-18(3,12)13/h4-10H2,1-3H3. The summed E-state index contributed by atoms with van der Waals surface area (Å²) < 4.78 is 48.3. The molecule has 0 aromatic carbocycles. The molecule has 8 heteroatoms. The second-order valence-corrected chi connectivity index (χ2v) is 7.59. The molecule has 110 valence electrons. The Morgan fingerprint density at radius 2 is 1.56 bits per heavy atom. The van der Waals surface area contributed by atoms with Gasteiger partial charge in [-0.15, -0.1) is 0 Å². The van der Waals surface area contributed by atoms with Gasteiger partial charge in [-0.2, -0.15) is 8.42 Å². The van der Waals surface area contributed by atoms with Crippen LogP contribution < -0.4 is 0 Å². The average Bonchev–Trinajstić information content (AvgIpc) is 2.22. The fourth-order valence-electron chi connectivity index (χ4n) is 1.35. The Morgan fingerprint density at radius 1 is 1.00 bits per heavy atom.